The van der Waals surface area contributed by atoms with Crippen molar-refractivity contribution in [2.75, 3.05) is 19.8 Å². The van der Waals surface area contributed by atoms with E-state index < -0.39 is 0 Å². The average molecular weight is 157 g/mol. The molecule has 0 bridgehead atoms. The quantitative estimate of drug-likeness (QED) is 0.666. The van der Waals surface area contributed by atoms with Crippen LogP contribution in [0.2, 0.25) is 0 Å². The third-order valence-corrected chi connectivity index (χ3v) is 2.08. The standard InChI is InChI=1S/C9H19NO/c1-8(2)3-5-10-9-4-6-11-7-9/h8-10H,3-7H2,1-2H3/t9-/m1/s1. The largest absolute Gasteiger partial charge is 0.380 e. The van der Waals surface area contributed by atoms with Gasteiger partial charge in [-0.05, 0) is 25.3 Å². The van der Waals surface area contributed by atoms with Gasteiger partial charge in [-0.15, -0.1) is 0 Å². The van der Waals surface area contributed by atoms with Crippen molar-refractivity contribution < 1.29 is 4.74 Å². The van der Waals surface area contributed by atoms with Crippen molar-refractivity contribution in [3.05, 3.63) is 0 Å². The highest BCUT2D eigenvalue weighted by molar-refractivity contribution is 4.70. The Balaban J connectivity index is 1.94. The van der Waals surface area contributed by atoms with Gasteiger partial charge in [-0.25, -0.2) is 0 Å². The van der Waals surface area contributed by atoms with Crippen LogP contribution in [0.1, 0.15) is 26.7 Å². The molecule has 66 valence electrons. The maximum atomic E-state index is 5.25. The Morgan fingerprint density at radius 3 is 2.91 bits per heavy atom. The van der Waals surface area contributed by atoms with E-state index in [1.165, 1.54) is 12.8 Å². The summed E-state index contributed by atoms with van der Waals surface area (Å²) in [6.45, 7) is 7.52. The number of ether oxygens (including phenoxy) is 1. The summed E-state index contributed by atoms with van der Waals surface area (Å²) >= 11 is 0. The van der Waals surface area contributed by atoms with Crippen molar-refractivity contribution in [2.45, 2.75) is 32.7 Å². The molecule has 1 fully saturated rings. The van der Waals surface area contributed by atoms with E-state index in [1.807, 2.05) is 0 Å². The summed E-state index contributed by atoms with van der Waals surface area (Å²) in [6, 6.07) is 0.633. The fourth-order valence-corrected chi connectivity index (χ4v) is 1.27. The van der Waals surface area contributed by atoms with Gasteiger partial charge in [0.25, 0.3) is 0 Å². The Hall–Kier alpha value is -0.0800. The molecule has 2 nitrogen and oxygen atoms in total. The van der Waals surface area contributed by atoms with E-state index >= 15 is 0 Å². The molecule has 0 radical (unpaired) electrons. The highest BCUT2D eigenvalue weighted by atomic mass is 16.5. The maximum absolute atomic E-state index is 5.25. The molecule has 0 amide bonds. The predicted octanol–water partition coefficient (Wildman–Crippen LogP) is 1.41. The van der Waals surface area contributed by atoms with Crippen molar-refractivity contribution in [3.8, 4) is 0 Å². The molecule has 2 heteroatoms. The summed E-state index contributed by atoms with van der Waals surface area (Å²) in [5.74, 6) is 0.810. The third-order valence-electron chi connectivity index (χ3n) is 2.08. The summed E-state index contributed by atoms with van der Waals surface area (Å²) in [5, 5.41) is 3.49. The van der Waals surface area contributed by atoms with Crippen LogP contribution in [0.25, 0.3) is 0 Å². The first-order chi connectivity index (χ1) is 5.29. The van der Waals surface area contributed by atoms with E-state index in [1.54, 1.807) is 0 Å². The Morgan fingerprint density at radius 1 is 1.55 bits per heavy atom. The first kappa shape index (κ1) is 9.01. The second-order valence-electron chi connectivity index (χ2n) is 3.70. The highest BCUT2D eigenvalue weighted by Gasteiger charge is 2.13. The minimum Gasteiger partial charge on any atom is -0.380 e. The lowest BCUT2D eigenvalue weighted by Gasteiger charge is -2.11. The first-order valence-corrected chi connectivity index (χ1v) is 4.60. The fourth-order valence-electron chi connectivity index (χ4n) is 1.27. The zero-order valence-corrected chi connectivity index (χ0v) is 7.60. The number of hydrogen-bond donors (Lipinski definition) is 1. The van der Waals surface area contributed by atoms with Crippen LogP contribution in [0.4, 0.5) is 0 Å². The molecule has 1 aliphatic rings. The lowest BCUT2D eigenvalue weighted by Crippen LogP contribution is -2.30. The van der Waals surface area contributed by atoms with E-state index in [0.29, 0.717) is 6.04 Å². The molecular formula is C9H19NO. The molecule has 0 aromatic heterocycles. The van der Waals surface area contributed by atoms with Crippen LogP contribution in [0.3, 0.4) is 0 Å². The Morgan fingerprint density at radius 2 is 2.36 bits per heavy atom. The second-order valence-corrected chi connectivity index (χ2v) is 3.70. The monoisotopic (exact) mass is 157 g/mol. The topological polar surface area (TPSA) is 21.3 Å². The van der Waals surface area contributed by atoms with Gasteiger partial charge in [-0.3, -0.25) is 0 Å². The van der Waals surface area contributed by atoms with Gasteiger partial charge in [0, 0.05) is 12.6 Å². The lowest BCUT2D eigenvalue weighted by molar-refractivity contribution is 0.189. The lowest BCUT2D eigenvalue weighted by atomic mass is 10.1. The number of hydrogen-bond acceptors (Lipinski definition) is 2. The fraction of sp³-hybridized carbons (Fsp3) is 1.00. The Labute approximate surface area is 69.3 Å². The molecule has 1 N–H and O–H groups in total. The minimum atomic E-state index is 0.633. The SMILES string of the molecule is CC(C)CCN[C@@H]1CCOC1. The molecule has 0 spiro atoms. The molecule has 1 saturated heterocycles. The summed E-state index contributed by atoms with van der Waals surface area (Å²) in [4.78, 5) is 0. The van der Waals surface area contributed by atoms with E-state index in [2.05, 4.69) is 19.2 Å². The minimum absolute atomic E-state index is 0.633. The predicted molar refractivity (Wildman–Crippen MR) is 46.7 cm³/mol. The normalized spacial score (nSPS) is 24.8. The summed E-state index contributed by atoms with van der Waals surface area (Å²) in [5.41, 5.74) is 0. The van der Waals surface area contributed by atoms with Crippen LogP contribution in [0.15, 0.2) is 0 Å². The zero-order chi connectivity index (χ0) is 8.10. The summed E-state index contributed by atoms with van der Waals surface area (Å²) in [6.07, 6.45) is 2.47. The highest BCUT2D eigenvalue weighted by Crippen LogP contribution is 2.04. The molecule has 0 aromatic carbocycles. The average Bonchev–Trinajstić information content (AvgIpc) is 2.39. The smallest absolute Gasteiger partial charge is 0.0620 e. The number of rotatable bonds is 4. The van der Waals surface area contributed by atoms with Gasteiger partial charge in [0.05, 0.1) is 6.61 Å². The van der Waals surface area contributed by atoms with Crippen LogP contribution >= 0.6 is 0 Å². The maximum Gasteiger partial charge on any atom is 0.0620 e. The number of nitrogens with one attached hydrogen (secondary N) is 1. The van der Waals surface area contributed by atoms with Crippen molar-refractivity contribution in [1.82, 2.24) is 5.32 Å². The zero-order valence-electron chi connectivity index (χ0n) is 7.60. The van der Waals surface area contributed by atoms with E-state index in [-0.39, 0.29) is 0 Å². The Kier molecular flexibility index (Phi) is 3.87. The molecule has 0 unspecified atom stereocenters. The van der Waals surface area contributed by atoms with Gasteiger partial charge in [-0.1, -0.05) is 13.8 Å². The van der Waals surface area contributed by atoms with Crippen LogP contribution in [0, 0.1) is 5.92 Å². The van der Waals surface area contributed by atoms with Gasteiger partial charge in [-0.2, -0.15) is 0 Å². The van der Waals surface area contributed by atoms with Gasteiger partial charge in [0.1, 0.15) is 0 Å². The molecular weight excluding hydrogens is 138 g/mol. The van der Waals surface area contributed by atoms with Crippen LogP contribution < -0.4 is 5.32 Å². The van der Waals surface area contributed by atoms with Gasteiger partial charge >= 0.3 is 0 Å². The molecule has 11 heavy (non-hydrogen) atoms. The molecule has 1 rings (SSSR count). The van der Waals surface area contributed by atoms with Crippen molar-refractivity contribution in [1.29, 1.82) is 0 Å². The van der Waals surface area contributed by atoms with Crippen molar-refractivity contribution in [3.63, 3.8) is 0 Å². The van der Waals surface area contributed by atoms with E-state index in [0.717, 1.165) is 25.7 Å². The first-order valence-electron chi connectivity index (χ1n) is 4.60. The van der Waals surface area contributed by atoms with Gasteiger partial charge in [0.2, 0.25) is 0 Å². The van der Waals surface area contributed by atoms with Crippen LogP contribution in [-0.4, -0.2) is 25.8 Å². The van der Waals surface area contributed by atoms with E-state index in [4.69, 9.17) is 4.74 Å². The molecule has 0 saturated carbocycles. The molecule has 1 aliphatic heterocycles. The molecule has 1 atom stereocenters. The summed E-state index contributed by atoms with van der Waals surface area (Å²) in [7, 11) is 0. The van der Waals surface area contributed by atoms with Crippen LogP contribution in [-0.2, 0) is 4.74 Å². The van der Waals surface area contributed by atoms with Crippen molar-refractivity contribution >= 4 is 0 Å². The van der Waals surface area contributed by atoms with Crippen LogP contribution in [0.5, 0.6) is 0 Å². The summed E-state index contributed by atoms with van der Waals surface area (Å²) < 4.78 is 5.25. The van der Waals surface area contributed by atoms with Crippen molar-refractivity contribution in [2.24, 2.45) is 5.92 Å². The van der Waals surface area contributed by atoms with Gasteiger partial charge < -0.3 is 10.1 Å². The molecule has 0 aromatic rings. The van der Waals surface area contributed by atoms with E-state index in [9.17, 15) is 0 Å². The Bertz CT molecular complexity index is 97.7. The molecule has 1 heterocycles. The molecule has 0 aliphatic carbocycles. The van der Waals surface area contributed by atoms with Gasteiger partial charge in [0.15, 0.2) is 0 Å². The second kappa shape index (κ2) is 4.73. The third kappa shape index (κ3) is 3.73.